The third-order valence-corrected chi connectivity index (χ3v) is 7.82. The molecule has 3 saturated heterocycles. The third-order valence-electron chi connectivity index (χ3n) is 7.82. The SMILES string of the molecule is CN=C(NCC1CCCN1CC1CCCCC1)N1CCN(CC(=O)N2CCOCC2)CC1.I. The van der Waals surface area contributed by atoms with E-state index in [-0.39, 0.29) is 29.9 Å². The molecule has 0 aromatic carbocycles. The maximum atomic E-state index is 12.5. The number of ether oxygens (including phenoxy) is 1. The summed E-state index contributed by atoms with van der Waals surface area (Å²) in [5, 5.41) is 3.68. The van der Waals surface area contributed by atoms with Crippen molar-refractivity contribution in [2.45, 2.75) is 51.0 Å². The first kappa shape index (κ1) is 26.9. The molecule has 1 saturated carbocycles. The number of morpholine rings is 1. The van der Waals surface area contributed by atoms with Crippen LogP contribution in [0.5, 0.6) is 0 Å². The van der Waals surface area contributed by atoms with Crippen LogP contribution in [0, 0.1) is 5.92 Å². The average Bonchev–Trinajstić information content (AvgIpc) is 3.28. The lowest BCUT2D eigenvalue weighted by Crippen LogP contribution is -2.55. The quantitative estimate of drug-likeness (QED) is 0.295. The van der Waals surface area contributed by atoms with Crippen LogP contribution in [-0.2, 0) is 9.53 Å². The van der Waals surface area contributed by atoms with E-state index in [1.165, 1.54) is 58.0 Å². The summed E-state index contributed by atoms with van der Waals surface area (Å²) < 4.78 is 5.36. The van der Waals surface area contributed by atoms with E-state index in [2.05, 4.69) is 25.0 Å². The van der Waals surface area contributed by atoms with E-state index in [1.807, 2.05) is 11.9 Å². The number of piperazine rings is 1. The van der Waals surface area contributed by atoms with Crippen molar-refractivity contribution in [2.24, 2.45) is 10.9 Å². The first-order chi connectivity index (χ1) is 15.7. The normalized spacial score (nSPS) is 26.3. The predicted molar refractivity (Wildman–Crippen MR) is 143 cm³/mol. The van der Waals surface area contributed by atoms with E-state index >= 15 is 0 Å². The maximum Gasteiger partial charge on any atom is 0.236 e. The van der Waals surface area contributed by atoms with Crippen molar-refractivity contribution in [2.75, 3.05) is 85.7 Å². The zero-order chi connectivity index (χ0) is 22.2. The highest BCUT2D eigenvalue weighted by Gasteiger charge is 2.29. The molecule has 3 heterocycles. The zero-order valence-electron chi connectivity index (χ0n) is 20.6. The Balaban J connectivity index is 0.00000306. The van der Waals surface area contributed by atoms with Crippen LogP contribution in [0.3, 0.4) is 0 Å². The van der Waals surface area contributed by atoms with E-state index < -0.39 is 0 Å². The van der Waals surface area contributed by atoms with Gasteiger partial charge in [0.2, 0.25) is 5.91 Å². The number of hydrogen-bond donors (Lipinski definition) is 1. The van der Waals surface area contributed by atoms with E-state index in [0.29, 0.717) is 25.8 Å². The number of hydrogen-bond acceptors (Lipinski definition) is 5. The van der Waals surface area contributed by atoms with Gasteiger partial charge < -0.3 is 19.9 Å². The van der Waals surface area contributed by atoms with Crippen molar-refractivity contribution < 1.29 is 9.53 Å². The molecule has 0 aromatic heterocycles. The van der Waals surface area contributed by atoms with Gasteiger partial charge in [0.25, 0.3) is 0 Å². The van der Waals surface area contributed by atoms with Gasteiger partial charge in [0, 0.05) is 65.4 Å². The monoisotopic (exact) mass is 576 g/mol. The lowest BCUT2D eigenvalue weighted by atomic mass is 9.89. The Morgan fingerprint density at radius 1 is 0.909 bits per heavy atom. The highest BCUT2D eigenvalue weighted by atomic mass is 127. The second kappa shape index (κ2) is 14.0. The van der Waals surface area contributed by atoms with Gasteiger partial charge >= 0.3 is 0 Å². The molecule has 0 aromatic rings. The molecule has 1 aliphatic carbocycles. The fourth-order valence-corrected chi connectivity index (χ4v) is 5.83. The lowest BCUT2D eigenvalue weighted by Gasteiger charge is -2.38. The summed E-state index contributed by atoms with van der Waals surface area (Å²) in [5.41, 5.74) is 0. The Morgan fingerprint density at radius 3 is 2.33 bits per heavy atom. The largest absolute Gasteiger partial charge is 0.378 e. The molecule has 0 spiro atoms. The van der Waals surface area contributed by atoms with Gasteiger partial charge in [-0.1, -0.05) is 19.3 Å². The standard InChI is InChI=1S/C24H44N6O2.HI/c1-25-24(26-18-22-8-5-9-30(22)19-21-6-3-2-4-7-21)29-12-10-27(11-13-29)20-23(31)28-14-16-32-17-15-28;/h21-22H,2-20H2,1H3,(H,25,26);1H. The Hall–Kier alpha value is -0.650. The van der Waals surface area contributed by atoms with Crippen LogP contribution in [0.2, 0.25) is 0 Å². The third kappa shape index (κ3) is 7.93. The van der Waals surface area contributed by atoms with Crippen LogP contribution in [0.25, 0.3) is 0 Å². The van der Waals surface area contributed by atoms with Crippen molar-refractivity contribution in [3.05, 3.63) is 0 Å². The number of likely N-dealkylation sites (tertiary alicyclic amines) is 1. The van der Waals surface area contributed by atoms with Gasteiger partial charge in [-0.25, -0.2) is 0 Å². The van der Waals surface area contributed by atoms with Gasteiger partial charge in [-0.15, -0.1) is 24.0 Å². The fraction of sp³-hybridized carbons (Fsp3) is 0.917. The number of nitrogens with one attached hydrogen (secondary N) is 1. The molecule has 33 heavy (non-hydrogen) atoms. The molecule has 4 rings (SSSR count). The van der Waals surface area contributed by atoms with Crippen LogP contribution in [0.4, 0.5) is 0 Å². The van der Waals surface area contributed by atoms with E-state index in [9.17, 15) is 4.79 Å². The van der Waals surface area contributed by atoms with E-state index in [0.717, 1.165) is 57.7 Å². The number of halogens is 1. The van der Waals surface area contributed by atoms with Crippen LogP contribution < -0.4 is 5.32 Å². The minimum atomic E-state index is 0. The summed E-state index contributed by atoms with van der Waals surface area (Å²) >= 11 is 0. The van der Waals surface area contributed by atoms with Gasteiger partial charge in [0.05, 0.1) is 19.8 Å². The molecule has 3 aliphatic heterocycles. The fourth-order valence-electron chi connectivity index (χ4n) is 5.83. The number of rotatable bonds is 6. The van der Waals surface area contributed by atoms with Gasteiger partial charge in [-0.05, 0) is 38.1 Å². The first-order valence-corrected chi connectivity index (χ1v) is 13.0. The van der Waals surface area contributed by atoms with Gasteiger partial charge in [-0.3, -0.25) is 19.6 Å². The summed E-state index contributed by atoms with van der Waals surface area (Å²) in [5.74, 6) is 2.18. The van der Waals surface area contributed by atoms with Gasteiger partial charge in [-0.2, -0.15) is 0 Å². The lowest BCUT2D eigenvalue weighted by molar-refractivity contribution is -0.136. The number of amides is 1. The number of carbonyl (C=O) groups excluding carboxylic acids is 1. The number of guanidine groups is 1. The predicted octanol–water partition coefficient (Wildman–Crippen LogP) is 1.70. The Bertz CT molecular complexity index is 616. The average molecular weight is 577 g/mol. The maximum absolute atomic E-state index is 12.5. The molecule has 0 radical (unpaired) electrons. The molecule has 1 unspecified atom stereocenters. The molecule has 0 bridgehead atoms. The second-order valence-electron chi connectivity index (χ2n) is 9.98. The molecule has 9 heteroatoms. The Kier molecular flexibility index (Phi) is 11.5. The van der Waals surface area contributed by atoms with Crippen LogP contribution in [-0.4, -0.2) is 123 Å². The minimum Gasteiger partial charge on any atom is -0.378 e. The molecular weight excluding hydrogens is 531 g/mol. The minimum absolute atomic E-state index is 0. The number of carbonyl (C=O) groups is 1. The zero-order valence-corrected chi connectivity index (χ0v) is 22.9. The van der Waals surface area contributed by atoms with Crippen LogP contribution in [0.1, 0.15) is 44.9 Å². The molecule has 4 fully saturated rings. The smallest absolute Gasteiger partial charge is 0.236 e. The Morgan fingerprint density at radius 2 is 1.64 bits per heavy atom. The van der Waals surface area contributed by atoms with Crippen molar-refractivity contribution >= 4 is 35.8 Å². The second-order valence-corrected chi connectivity index (χ2v) is 9.98. The number of aliphatic imine (C=N–C) groups is 1. The van der Waals surface area contributed by atoms with Crippen LogP contribution >= 0.6 is 24.0 Å². The highest BCUT2D eigenvalue weighted by Crippen LogP contribution is 2.27. The topological polar surface area (TPSA) is 63.7 Å². The molecular formula is C24H45IN6O2. The van der Waals surface area contributed by atoms with Crippen molar-refractivity contribution in [3.63, 3.8) is 0 Å². The van der Waals surface area contributed by atoms with E-state index in [1.54, 1.807) is 0 Å². The van der Waals surface area contributed by atoms with Gasteiger partial charge in [0.15, 0.2) is 5.96 Å². The Labute approximate surface area is 217 Å². The summed E-state index contributed by atoms with van der Waals surface area (Å²) in [6.07, 6.45) is 9.78. The van der Waals surface area contributed by atoms with Crippen molar-refractivity contribution in [1.29, 1.82) is 0 Å². The highest BCUT2D eigenvalue weighted by molar-refractivity contribution is 14.0. The van der Waals surface area contributed by atoms with Crippen molar-refractivity contribution in [3.8, 4) is 0 Å². The molecule has 4 aliphatic rings. The molecule has 1 amide bonds. The summed E-state index contributed by atoms with van der Waals surface area (Å²) in [7, 11) is 1.89. The first-order valence-electron chi connectivity index (χ1n) is 13.0. The van der Waals surface area contributed by atoms with Crippen molar-refractivity contribution in [1.82, 2.24) is 24.9 Å². The molecule has 190 valence electrons. The number of nitrogens with zero attached hydrogens (tertiary/aromatic N) is 5. The molecule has 1 atom stereocenters. The van der Waals surface area contributed by atoms with Gasteiger partial charge in [0.1, 0.15) is 0 Å². The van der Waals surface area contributed by atoms with Crippen LogP contribution in [0.15, 0.2) is 4.99 Å². The molecule has 1 N–H and O–H groups in total. The molecule has 8 nitrogen and oxygen atoms in total. The summed E-state index contributed by atoms with van der Waals surface area (Å²) in [4.78, 5) is 26.4. The summed E-state index contributed by atoms with van der Waals surface area (Å²) in [6.45, 7) is 10.5. The van der Waals surface area contributed by atoms with E-state index in [4.69, 9.17) is 4.74 Å². The summed E-state index contributed by atoms with van der Waals surface area (Å²) in [6, 6.07) is 0.640.